The van der Waals surface area contributed by atoms with E-state index in [1.807, 2.05) is 12.3 Å². The molecule has 0 aliphatic carbocycles. The molecule has 1 aromatic heterocycles. The fourth-order valence-corrected chi connectivity index (χ4v) is 3.18. The van der Waals surface area contributed by atoms with Gasteiger partial charge in [-0.1, -0.05) is 37.3 Å². The average molecular weight is 296 g/mol. The molecule has 2 aromatic rings. The molecule has 116 valence electrons. The minimum absolute atomic E-state index is 0.582. The van der Waals surface area contributed by atoms with Crippen LogP contribution in [0.1, 0.15) is 18.9 Å². The third-order valence-electron chi connectivity index (χ3n) is 4.45. The molecular weight excluding hydrogens is 272 g/mol. The first-order chi connectivity index (χ1) is 10.8. The lowest BCUT2D eigenvalue weighted by Gasteiger charge is -2.28. The molecule has 0 radical (unpaired) electrons. The largest absolute Gasteiger partial charge is 0.384 e. The van der Waals surface area contributed by atoms with Crippen LogP contribution in [0.5, 0.6) is 0 Å². The van der Waals surface area contributed by atoms with Crippen molar-refractivity contribution < 1.29 is 0 Å². The van der Waals surface area contributed by atoms with Crippen molar-refractivity contribution in [2.75, 3.05) is 30.3 Å². The molecule has 0 amide bonds. The SMILES string of the molecule is CCN(Cc1ccccc1)C1CCN(c2ccc(N)nc2)C1. The number of hydrogen-bond acceptors (Lipinski definition) is 4. The Morgan fingerprint density at radius 2 is 2.05 bits per heavy atom. The molecule has 0 bridgehead atoms. The van der Waals surface area contributed by atoms with Gasteiger partial charge in [0.1, 0.15) is 5.82 Å². The van der Waals surface area contributed by atoms with E-state index in [9.17, 15) is 0 Å². The summed E-state index contributed by atoms with van der Waals surface area (Å²) >= 11 is 0. The Kier molecular flexibility index (Phi) is 4.59. The predicted molar refractivity (Wildman–Crippen MR) is 91.8 cm³/mol. The van der Waals surface area contributed by atoms with Crippen molar-refractivity contribution in [3.63, 3.8) is 0 Å². The zero-order valence-electron chi connectivity index (χ0n) is 13.2. The molecule has 4 nitrogen and oxygen atoms in total. The van der Waals surface area contributed by atoms with Crippen LogP contribution < -0.4 is 10.6 Å². The highest BCUT2D eigenvalue weighted by molar-refractivity contribution is 5.49. The fourth-order valence-electron chi connectivity index (χ4n) is 3.18. The number of anilines is 2. The minimum atomic E-state index is 0.582. The number of likely N-dealkylation sites (N-methyl/N-ethyl adjacent to an activating group) is 1. The highest BCUT2D eigenvalue weighted by Crippen LogP contribution is 2.23. The van der Waals surface area contributed by atoms with Gasteiger partial charge in [0.2, 0.25) is 0 Å². The molecular formula is C18H24N4. The smallest absolute Gasteiger partial charge is 0.123 e. The second-order valence-corrected chi connectivity index (χ2v) is 5.88. The van der Waals surface area contributed by atoms with Gasteiger partial charge in [0.25, 0.3) is 0 Å². The zero-order chi connectivity index (χ0) is 15.4. The molecule has 1 aliphatic heterocycles. The number of nitrogen functional groups attached to an aromatic ring is 1. The maximum Gasteiger partial charge on any atom is 0.123 e. The van der Waals surface area contributed by atoms with E-state index in [1.165, 1.54) is 17.7 Å². The minimum Gasteiger partial charge on any atom is -0.384 e. The number of benzene rings is 1. The molecule has 0 saturated carbocycles. The van der Waals surface area contributed by atoms with E-state index in [-0.39, 0.29) is 0 Å². The summed E-state index contributed by atoms with van der Waals surface area (Å²) in [5, 5.41) is 0. The number of hydrogen-bond donors (Lipinski definition) is 1. The molecule has 1 atom stereocenters. The van der Waals surface area contributed by atoms with E-state index in [0.717, 1.165) is 26.2 Å². The lowest BCUT2D eigenvalue weighted by molar-refractivity contribution is 0.212. The van der Waals surface area contributed by atoms with Gasteiger partial charge in [-0.3, -0.25) is 4.90 Å². The number of rotatable bonds is 5. The molecule has 1 aromatic carbocycles. The van der Waals surface area contributed by atoms with Gasteiger partial charge in [0.15, 0.2) is 0 Å². The van der Waals surface area contributed by atoms with Crippen LogP contribution in [0, 0.1) is 0 Å². The Bertz CT molecular complexity index is 582. The Morgan fingerprint density at radius 3 is 2.73 bits per heavy atom. The first-order valence-corrected chi connectivity index (χ1v) is 8.00. The third kappa shape index (κ3) is 3.39. The summed E-state index contributed by atoms with van der Waals surface area (Å²) in [7, 11) is 0. The van der Waals surface area contributed by atoms with Crippen LogP contribution in [-0.4, -0.2) is 35.6 Å². The van der Waals surface area contributed by atoms with Crippen molar-refractivity contribution in [1.29, 1.82) is 0 Å². The lowest BCUT2D eigenvalue weighted by Crippen LogP contribution is -2.37. The first kappa shape index (κ1) is 14.9. The Morgan fingerprint density at radius 1 is 1.23 bits per heavy atom. The van der Waals surface area contributed by atoms with Crippen molar-refractivity contribution in [2.24, 2.45) is 0 Å². The predicted octanol–water partition coefficient (Wildman–Crippen LogP) is 2.76. The van der Waals surface area contributed by atoms with Crippen LogP contribution in [0.15, 0.2) is 48.7 Å². The van der Waals surface area contributed by atoms with E-state index in [4.69, 9.17) is 5.73 Å². The molecule has 1 unspecified atom stereocenters. The Balaban J connectivity index is 1.64. The van der Waals surface area contributed by atoms with Crippen LogP contribution in [0.3, 0.4) is 0 Å². The monoisotopic (exact) mass is 296 g/mol. The molecule has 4 heteroatoms. The second-order valence-electron chi connectivity index (χ2n) is 5.88. The summed E-state index contributed by atoms with van der Waals surface area (Å²) in [4.78, 5) is 9.18. The standard InChI is InChI=1S/C18H24N4/c1-2-21(13-15-6-4-3-5-7-15)17-10-11-22(14-17)16-8-9-18(19)20-12-16/h3-9,12,17H,2,10-11,13-14H2,1H3,(H2,19,20). The Hall–Kier alpha value is -2.07. The summed E-state index contributed by atoms with van der Waals surface area (Å²) in [5.41, 5.74) is 8.23. The van der Waals surface area contributed by atoms with Crippen molar-refractivity contribution >= 4 is 11.5 Å². The molecule has 22 heavy (non-hydrogen) atoms. The van der Waals surface area contributed by atoms with Gasteiger partial charge < -0.3 is 10.6 Å². The molecule has 2 N–H and O–H groups in total. The molecule has 1 saturated heterocycles. The molecule has 2 heterocycles. The van der Waals surface area contributed by atoms with E-state index in [2.05, 4.69) is 58.1 Å². The lowest BCUT2D eigenvalue weighted by atomic mass is 10.1. The summed E-state index contributed by atoms with van der Waals surface area (Å²) in [6.07, 6.45) is 3.08. The average Bonchev–Trinajstić information content (AvgIpc) is 3.04. The third-order valence-corrected chi connectivity index (χ3v) is 4.45. The van der Waals surface area contributed by atoms with Gasteiger partial charge in [-0.05, 0) is 30.7 Å². The molecule has 1 aliphatic rings. The number of aromatic nitrogens is 1. The maximum atomic E-state index is 5.67. The molecule has 0 spiro atoms. The quantitative estimate of drug-likeness (QED) is 0.921. The Labute approximate surface area is 132 Å². The summed E-state index contributed by atoms with van der Waals surface area (Å²) in [6.45, 7) is 6.49. The van der Waals surface area contributed by atoms with E-state index in [0.29, 0.717) is 11.9 Å². The fraction of sp³-hybridized carbons (Fsp3) is 0.389. The second kappa shape index (κ2) is 6.79. The molecule has 1 fully saturated rings. The van der Waals surface area contributed by atoms with Gasteiger partial charge >= 0.3 is 0 Å². The molecule has 3 rings (SSSR count). The van der Waals surface area contributed by atoms with Crippen LogP contribution in [0.2, 0.25) is 0 Å². The summed E-state index contributed by atoms with van der Waals surface area (Å²) in [5.74, 6) is 0.582. The maximum absolute atomic E-state index is 5.67. The zero-order valence-corrected chi connectivity index (χ0v) is 13.2. The van der Waals surface area contributed by atoms with Crippen LogP contribution >= 0.6 is 0 Å². The normalized spacial score (nSPS) is 18.1. The van der Waals surface area contributed by atoms with Crippen LogP contribution in [-0.2, 0) is 6.54 Å². The van der Waals surface area contributed by atoms with Gasteiger partial charge in [-0.2, -0.15) is 0 Å². The van der Waals surface area contributed by atoms with Gasteiger partial charge in [-0.15, -0.1) is 0 Å². The van der Waals surface area contributed by atoms with Gasteiger partial charge in [0.05, 0.1) is 11.9 Å². The summed E-state index contributed by atoms with van der Waals surface area (Å²) < 4.78 is 0. The van der Waals surface area contributed by atoms with E-state index >= 15 is 0 Å². The van der Waals surface area contributed by atoms with Crippen LogP contribution in [0.25, 0.3) is 0 Å². The number of pyridine rings is 1. The van der Waals surface area contributed by atoms with Gasteiger partial charge in [0, 0.05) is 25.7 Å². The van der Waals surface area contributed by atoms with Gasteiger partial charge in [-0.25, -0.2) is 4.98 Å². The topological polar surface area (TPSA) is 45.4 Å². The van der Waals surface area contributed by atoms with Crippen molar-refractivity contribution in [3.8, 4) is 0 Å². The van der Waals surface area contributed by atoms with E-state index < -0.39 is 0 Å². The highest BCUT2D eigenvalue weighted by Gasteiger charge is 2.27. The number of nitrogens with two attached hydrogens (primary N) is 1. The number of nitrogens with zero attached hydrogens (tertiary/aromatic N) is 3. The van der Waals surface area contributed by atoms with Crippen molar-refractivity contribution in [3.05, 3.63) is 54.2 Å². The summed E-state index contributed by atoms with van der Waals surface area (Å²) in [6, 6.07) is 15.3. The van der Waals surface area contributed by atoms with Crippen molar-refractivity contribution in [2.45, 2.75) is 25.9 Å². The van der Waals surface area contributed by atoms with E-state index in [1.54, 1.807) is 0 Å². The first-order valence-electron chi connectivity index (χ1n) is 8.00. The van der Waals surface area contributed by atoms with Crippen molar-refractivity contribution in [1.82, 2.24) is 9.88 Å². The van der Waals surface area contributed by atoms with Crippen LogP contribution in [0.4, 0.5) is 11.5 Å². The highest BCUT2D eigenvalue weighted by atomic mass is 15.3.